The van der Waals surface area contributed by atoms with Gasteiger partial charge >= 0.3 is 0 Å². The van der Waals surface area contributed by atoms with Gasteiger partial charge in [0.05, 0.1) is 12.5 Å². The number of halogens is 2. The third kappa shape index (κ3) is 2.30. The van der Waals surface area contributed by atoms with E-state index in [1.807, 2.05) is 6.07 Å². The molecule has 72 valence electrons. The van der Waals surface area contributed by atoms with Gasteiger partial charge in [0.1, 0.15) is 17.4 Å². The van der Waals surface area contributed by atoms with E-state index in [1.54, 1.807) is 0 Å². The Morgan fingerprint density at radius 1 is 1.36 bits per heavy atom. The van der Waals surface area contributed by atoms with E-state index in [1.165, 1.54) is 12.2 Å². The van der Waals surface area contributed by atoms with Gasteiger partial charge in [0.25, 0.3) is 0 Å². The molecular weight excluding hydrogens is 188 g/mol. The van der Waals surface area contributed by atoms with Gasteiger partial charge in [-0.05, 0) is 0 Å². The molecule has 0 saturated carbocycles. The van der Waals surface area contributed by atoms with Crippen LogP contribution in [0, 0.1) is 23.0 Å². The van der Waals surface area contributed by atoms with E-state index in [-0.39, 0.29) is 12.0 Å². The van der Waals surface area contributed by atoms with Crippen LogP contribution in [0.1, 0.15) is 12.0 Å². The highest BCUT2D eigenvalue weighted by molar-refractivity contribution is 5.52. The minimum Gasteiger partial charge on any atom is -0.508 e. The monoisotopic (exact) mass is 195 g/mol. The maximum Gasteiger partial charge on any atom is 0.137 e. The van der Waals surface area contributed by atoms with Crippen molar-refractivity contribution in [3.63, 3.8) is 0 Å². The normalized spacial score (nSPS) is 10.4. The number of aromatic hydroxyl groups is 1. The summed E-state index contributed by atoms with van der Waals surface area (Å²) in [6, 6.07) is 3.44. The molecule has 1 N–H and O–H groups in total. The Morgan fingerprint density at radius 3 is 2.43 bits per heavy atom. The van der Waals surface area contributed by atoms with Crippen LogP contribution in [0.2, 0.25) is 0 Å². The quantitative estimate of drug-likeness (QED) is 0.788. The lowest BCUT2D eigenvalue weighted by atomic mass is 10.1. The van der Waals surface area contributed by atoms with Gasteiger partial charge in [-0.2, -0.15) is 5.26 Å². The van der Waals surface area contributed by atoms with Gasteiger partial charge in [-0.1, -0.05) is 12.2 Å². The number of nitriles is 1. The van der Waals surface area contributed by atoms with E-state index in [0.29, 0.717) is 0 Å². The summed E-state index contributed by atoms with van der Waals surface area (Å²) in [4.78, 5) is 0. The van der Waals surface area contributed by atoms with Crippen molar-refractivity contribution in [1.82, 2.24) is 0 Å². The zero-order valence-electron chi connectivity index (χ0n) is 7.17. The number of allylic oxidation sites excluding steroid dienone is 1. The summed E-state index contributed by atoms with van der Waals surface area (Å²) in [6.45, 7) is 0. The maximum absolute atomic E-state index is 13.0. The Labute approximate surface area is 79.7 Å². The SMILES string of the molecule is N#CCC=Cc1c(F)cc(O)cc1F. The molecule has 14 heavy (non-hydrogen) atoms. The molecule has 0 amide bonds. The molecule has 0 unspecified atom stereocenters. The lowest BCUT2D eigenvalue weighted by Crippen LogP contribution is -1.87. The van der Waals surface area contributed by atoms with Crippen LogP contribution in [0.4, 0.5) is 8.78 Å². The number of rotatable bonds is 2. The van der Waals surface area contributed by atoms with Crippen LogP contribution >= 0.6 is 0 Å². The first kappa shape index (κ1) is 10.2. The number of hydrogen-bond donors (Lipinski definition) is 1. The largest absolute Gasteiger partial charge is 0.508 e. The van der Waals surface area contributed by atoms with E-state index in [9.17, 15) is 8.78 Å². The van der Waals surface area contributed by atoms with Crippen molar-refractivity contribution in [3.8, 4) is 11.8 Å². The molecule has 0 aliphatic carbocycles. The van der Waals surface area contributed by atoms with Crippen molar-refractivity contribution in [2.75, 3.05) is 0 Å². The summed E-state index contributed by atoms with van der Waals surface area (Å²) in [5.74, 6) is -2.16. The summed E-state index contributed by atoms with van der Waals surface area (Å²) in [5, 5.41) is 17.0. The third-order valence-electron chi connectivity index (χ3n) is 1.56. The second kappa shape index (κ2) is 4.38. The smallest absolute Gasteiger partial charge is 0.137 e. The first-order chi connectivity index (χ1) is 6.65. The molecule has 0 aliphatic rings. The molecule has 1 aromatic rings. The zero-order valence-corrected chi connectivity index (χ0v) is 7.17. The maximum atomic E-state index is 13.0. The van der Waals surface area contributed by atoms with Crippen LogP contribution in [0.3, 0.4) is 0 Å². The van der Waals surface area contributed by atoms with Crippen molar-refractivity contribution in [2.24, 2.45) is 0 Å². The van der Waals surface area contributed by atoms with Crippen molar-refractivity contribution in [1.29, 1.82) is 5.26 Å². The molecule has 1 aromatic carbocycles. The molecule has 2 nitrogen and oxygen atoms in total. The van der Waals surface area contributed by atoms with Gasteiger partial charge < -0.3 is 5.11 Å². The first-order valence-electron chi connectivity index (χ1n) is 3.86. The Bertz CT molecular complexity index is 384. The fourth-order valence-electron chi connectivity index (χ4n) is 0.960. The molecule has 0 spiro atoms. The highest BCUT2D eigenvalue weighted by Crippen LogP contribution is 2.20. The van der Waals surface area contributed by atoms with Crippen LogP contribution in [-0.4, -0.2) is 5.11 Å². The van der Waals surface area contributed by atoms with E-state index < -0.39 is 17.4 Å². The number of benzene rings is 1. The molecule has 1 rings (SSSR count). The second-order valence-corrected chi connectivity index (χ2v) is 2.59. The van der Waals surface area contributed by atoms with Gasteiger partial charge in [0.15, 0.2) is 0 Å². The number of phenolic OH excluding ortho intramolecular Hbond substituents is 1. The lowest BCUT2D eigenvalue weighted by Gasteiger charge is -1.99. The zero-order chi connectivity index (χ0) is 10.6. The van der Waals surface area contributed by atoms with Gasteiger partial charge in [-0.25, -0.2) is 8.78 Å². The minimum absolute atomic E-state index is 0.0831. The molecule has 0 atom stereocenters. The fourth-order valence-corrected chi connectivity index (χ4v) is 0.960. The van der Waals surface area contributed by atoms with Crippen molar-refractivity contribution in [2.45, 2.75) is 6.42 Å². The fraction of sp³-hybridized carbons (Fsp3) is 0.100. The molecular formula is C10H7F2NO. The highest BCUT2D eigenvalue weighted by Gasteiger charge is 2.07. The summed E-state index contributed by atoms with van der Waals surface area (Å²) in [5.41, 5.74) is -0.252. The minimum atomic E-state index is -0.850. The van der Waals surface area contributed by atoms with E-state index in [2.05, 4.69) is 0 Å². The van der Waals surface area contributed by atoms with Gasteiger partial charge in [-0.3, -0.25) is 0 Å². The Balaban J connectivity index is 3.04. The summed E-state index contributed by atoms with van der Waals surface area (Å²) >= 11 is 0. The van der Waals surface area contributed by atoms with Crippen molar-refractivity contribution < 1.29 is 13.9 Å². The molecule has 0 saturated heterocycles. The van der Waals surface area contributed by atoms with Crippen LogP contribution in [0.5, 0.6) is 5.75 Å². The van der Waals surface area contributed by atoms with Gasteiger partial charge in [-0.15, -0.1) is 0 Å². The molecule has 0 aromatic heterocycles. The Morgan fingerprint density at radius 2 is 1.93 bits per heavy atom. The molecule has 0 fully saturated rings. The number of hydrogen-bond acceptors (Lipinski definition) is 2. The molecule has 0 aliphatic heterocycles. The van der Waals surface area contributed by atoms with Crippen LogP contribution in [0.15, 0.2) is 18.2 Å². The van der Waals surface area contributed by atoms with Crippen LogP contribution in [-0.2, 0) is 0 Å². The van der Waals surface area contributed by atoms with E-state index in [4.69, 9.17) is 10.4 Å². The average Bonchev–Trinajstić information content (AvgIpc) is 2.09. The third-order valence-corrected chi connectivity index (χ3v) is 1.56. The standard InChI is InChI=1S/C10H7F2NO/c11-9-5-7(14)6-10(12)8(9)3-1-2-4-13/h1,3,5-6,14H,2H2. The van der Waals surface area contributed by atoms with Crippen LogP contribution in [0.25, 0.3) is 6.08 Å². The van der Waals surface area contributed by atoms with Crippen LogP contribution < -0.4 is 0 Å². The summed E-state index contributed by atoms with van der Waals surface area (Å²) in [6.07, 6.45) is 2.60. The molecule has 0 bridgehead atoms. The van der Waals surface area contributed by atoms with Crippen molar-refractivity contribution in [3.05, 3.63) is 35.4 Å². The molecule has 0 heterocycles. The number of nitrogens with zero attached hydrogens (tertiary/aromatic N) is 1. The molecule has 0 radical (unpaired) electrons. The lowest BCUT2D eigenvalue weighted by molar-refractivity contribution is 0.460. The van der Waals surface area contributed by atoms with Gasteiger partial charge in [0.2, 0.25) is 0 Å². The summed E-state index contributed by atoms with van der Waals surface area (Å²) in [7, 11) is 0. The van der Waals surface area contributed by atoms with E-state index in [0.717, 1.165) is 12.1 Å². The molecule has 4 heteroatoms. The topological polar surface area (TPSA) is 44.0 Å². The predicted octanol–water partition coefficient (Wildman–Crippen LogP) is 2.60. The van der Waals surface area contributed by atoms with Crippen molar-refractivity contribution >= 4 is 6.08 Å². The van der Waals surface area contributed by atoms with Gasteiger partial charge in [0, 0.05) is 17.7 Å². The predicted molar refractivity (Wildman–Crippen MR) is 47.3 cm³/mol. The summed E-state index contributed by atoms with van der Waals surface area (Å²) < 4.78 is 26.0. The second-order valence-electron chi connectivity index (χ2n) is 2.59. The Kier molecular flexibility index (Phi) is 3.19. The first-order valence-corrected chi connectivity index (χ1v) is 3.86. The Hall–Kier alpha value is -1.89. The number of phenols is 1. The average molecular weight is 195 g/mol. The highest BCUT2D eigenvalue weighted by atomic mass is 19.1. The van der Waals surface area contributed by atoms with E-state index >= 15 is 0 Å².